The minimum atomic E-state index is -4.80. The Hall–Kier alpha value is -2.53. The van der Waals surface area contributed by atoms with Crippen molar-refractivity contribution >= 4 is 17.5 Å². The second-order valence-electron chi connectivity index (χ2n) is 4.77. The van der Waals surface area contributed by atoms with Crippen molar-refractivity contribution < 1.29 is 18.0 Å². The average Bonchev–Trinajstić information content (AvgIpc) is 2.98. The van der Waals surface area contributed by atoms with E-state index in [2.05, 4.69) is 5.10 Å². The van der Waals surface area contributed by atoms with E-state index in [0.717, 1.165) is 11.1 Å². The normalized spacial score (nSPS) is 11.2. The molecule has 0 atom stereocenters. The van der Waals surface area contributed by atoms with Crippen molar-refractivity contribution in [2.75, 3.05) is 13.1 Å². The number of halogens is 4. The van der Waals surface area contributed by atoms with Crippen molar-refractivity contribution in [3.63, 3.8) is 0 Å². The first-order valence-corrected chi connectivity index (χ1v) is 7.24. The van der Waals surface area contributed by atoms with Crippen LogP contribution in [0.3, 0.4) is 0 Å². The molecule has 0 radical (unpaired) electrons. The van der Waals surface area contributed by atoms with Gasteiger partial charge in [-0.05, 0) is 31.2 Å². The Morgan fingerprint density at radius 3 is 2.50 bits per heavy atom. The van der Waals surface area contributed by atoms with Crippen LogP contribution in [-0.4, -0.2) is 33.7 Å². The molecule has 126 valence electrons. The van der Waals surface area contributed by atoms with Gasteiger partial charge in [0.05, 0.1) is 23.5 Å². The Labute approximate surface area is 140 Å². The maximum atomic E-state index is 13.5. The zero-order valence-corrected chi connectivity index (χ0v) is 13.3. The maximum Gasteiger partial charge on any atom is 0.434 e. The number of nitrogens with zero attached hydrogens (tertiary/aromatic N) is 4. The molecule has 1 aromatic carbocycles. The summed E-state index contributed by atoms with van der Waals surface area (Å²) in [6, 6.07) is 7.34. The van der Waals surface area contributed by atoms with Crippen LogP contribution in [0.4, 0.5) is 13.2 Å². The zero-order valence-electron chi connectivity index (χ0n) is 12.5. The molecule has 1 amide bonds. The maximum absolute atomic E-state index is 13.5. The van der Waals surface area contributed by atoms with Crippen LogP contribution in [0, 0.1) is 11.3 Å². The molecule has 0 unspecified atom stereocenters. The van der Waals surface area contributed by atoms with Crippen LogP contribution in [0.25, 0.3) is 5.69 Å². The summed E-state index contributed by atoms with van der Waals surface area (Å²) in [4.78, 5) is 13.3. The Bertz CT molecular complexity index is 777. The van der Waals surface area contributed by atoms with Gasteiger partial charge in [0, 0.05) is 11.6 Å². The summed E-state index contributed by atoms with van der Waals surface area (Å²) in [6.07, 6.45) is -3.94. The molecule has 0 spiro atoms. The van der Waals surface area contributed by atoms with Gasteiger partial charge in [-0.25, -0.2) is 4.68 Å². The van der Waals surface area contributed by atoms with E-state index in [1.165, 1.54) is 24.3 Å². The molecule has 0 fully saturated rings. The van der Waals surface area contributed by atoms with Crippen LogP contribution in [0.15, 0.2) is 30.5 Å². The molecule has 0 bridgehead atoms. The molecule has 5 nitrogen and oxygen atoms in total. The van der Waals surface area contributed by atoms with E-state index in [0.29, 0.717) is 9.70 Å². The number of carbonyl (C=O) groups is 1. The van der Waals surface area contributed by atoms with Crippen LogP contribution >= 0.6 is 11.6 Å². The minimum absolute atomic E-state index is 0.107. The van der Waals surface area contributed by atoms with Crippen LogP contribution < -0.4 is 0 Å². The van der Waals surface area contributed by atoms with Gasteiger partial charge in [0.15, 0.2) is 5.69 Å². The summed E-state index contributed by atoms with van der Waals surface area (Å²) in [6.45, 7) is 1.38. The molecule has 2 rings (SSSR count). The van der Waals surface area contributed by atoms with Crippen molar-refractivity contribution in [1.29, 1.82) is 5.26 Å². The molecule has 0 N–H and O–H groups in total. The molecular weight excluding hydrogens is 345 g/mol. The van der Waals surface area contributed by atoms with Crippen molar-refractivity contribution in [3.8, 4) is 11.8 Å². The lowest BCUT2D eigenvalue weighted by molar-refractivity contribution is -0.143. The highest BCUT2D eigenvalue weighted by Crippen LogP contribution is 2.34. The van der Waals surface area contributed by atoms with E-state index in [9.17, 15) is 18.0 Å². The van der Waals surface area contributed by atoms with E-state index in [1.54, 1.807) is 13.0 Å². The molecular formula is C15H12ClF3N4O. The molecule has 9 heteroatoms. The summed E-state index contributed by atoms with van der Waals surface area (Å²) >= 11 is 5.74. The molecule has 0 aliphatic carbocycles. The lowest BCUT2D eigenvalue weighted by Gasteiger charge is -2.18. The Balaban J connectivity index is 2.57. The van der Waals surface area contributed by atoms with Gasteiger partial charge in [-0.15, -0.1) is 0 Å². The van der Waals surface area contributed by atoms with E-state index < -0.39 is 23.3 Å². The highest BCUT2D eigenvalue weighted by molar-refractivity contribution is 6.30. The number of carbonyl (C=O) groups excluding carboxylic acids is 1. The summed E-state index contributed by atoms with van der Waals surface area (Å²) in [7, 11) is 0. The number of hydrogen-bond acceptors (Lipinski definition) is 3. The second kappa shape index (κ2) is 6.93. The van der Waals surface area contributed by atoms with E-state index >= 15 is 0 Å². The van der Waals surface area contributed by atoms with Crippen molar-refractivity contribution in [2.45, 2.75) is 13.1 Å². The first-order chi connectivity index (χ1) is 11.3. The quantitative estimate of drug-likeness (QED) is 0.787. The van der Waals surface area contributed by atoms with Gasteiger partial charge in [0.25, 0.3) is 5.91 Å². The zero-order chi connectivity index (χ0) is 17.9. The number of alkyl halides is 3. The molecule has 1 heterocycles. The number of benzene rings is 1. The second-order valence-corrected chi connectivity index (χ2v) is 5.21. The number of rotatable bonds is 4. The largest absolute Gasteiger partial charge is 0.434 e. The molecule has 0 saturated heterocycles. The average molecular weight is 357 g/mol. The third kappa shape index (κ3) is 3.51. The summed E-state index contributed by atoms with van der Waals surface area (Å²) < 4.78 is 41.1. The van der Waals surface area contributed by atoms with Crippen LogP contribution in [0.1, 0.15) is 23.0 Å². The van der Waals surface area contributed by atoms with E-state index in [-0.39, 0.29) is 18.8 Å². The monoisotopic (exact) mass is 356 g/mol. The fourth-order valence-electron chi connectivity index (χ4n) is 2.14. The minimum Gasteiger partial charge on any atom is -0.325 e. The molecule has 0 saturated carbocycles. The molecule has 0 aliphatic rings. The third-order valence-electron chi connectivity index (χ3n) is 3.27. The summed E-state index contributed by atoms with van der Waals surface area (Å²) in [5.74, 6) is -0.897. The molecule has 0 aliphatic heterocycles. The number of nitriles is 1. The summed E-state index contributed by atoms with van der Waals surface area (Å²) in [5, 5.41) is 12.8. The van der Waals surface area contributed by atoms with Gasteiger partial charge in [0.1, 0.15) is 6.54 Å². The highest BCUT2D eigenvalue weighted by Gasteiger charge is 2.41. The van der Waals surface area contributed by atoms with Gasteiger partial charge in [-0.1, -0.05) is 11.6 Å². The van der Waals surface area contributed by atoms with Crippen LogP contribution in [0.2, 0.25) is 5.02 Å². The highest BCUT2D eigenvalue weighted by atomic mass is 35.5. The van der Waals surface area contributed by atoms with Gasteiger partial charge >= 0.3 is 6.18 Å². The number of amides is 1. The van der Waals surface area contributed by atoms with Crippen LogP contribution in [-0.2, 0) is 6.18 Å². The molecule has 24 heavy (non-hydrogen) atoms. The smallest absolute Gasteiger partial charge is 0.325 e. The lowest BCUT2D eigenvalue weighted by atomic mass is 10.2. The Kier molecular flexibility index (Phi) is 5.14. The van der Waals surface area contributed by atoms with Crippen molar-refractivity contribution in [2.24, 2.45) is 0 Å². The lowest BCUT2D eigenvalue weighted by Crippen LogP contribution is -2.32. The van der Waals surface area contributed by atoms with E-state index in [1.807, 2.05) is 0 Å². The number of hydrogen-bond donors (Lipinski definition) is 0. The van der Waals surface area contributed by atoms with E-state index in [4.69, 9.17) is 16.9 Å². The summed E-state index contributed by atoms with van der Waals surface area (Å²) in [5.41, 5.74) is -1.67. The number of aromatic nitrogens is 2. The van der Waals surface area contributed by atoms with Gasteiger partial charge in [-0.2, -0.15) is 23.5 Å². The molecule has 2 aromatic rings. The Morgan fingerprint density at radius 2 is 2.00 bits per heavy atom. The van der Waals surface area contributed by atoms with Crippen molar-refractivity contribution in [3.05, 3.63) is 46.7 Å². The SMILES string of the molecule is CCN(CC#N)C(=O)c1cnn(-c2ccc(Cl)cc2)c1C(F)(F)F. The molecule has 1 aromatic heterocycles. The van der Waals surface area contributed by atoms with Gasteiger partial charge < -0.3 is 4.90 Å². The fourth-order valence-corrected chi connectivity index (χ4v) is 2.26. The van der Waals surface area contributed by atoms with Gasteiger partial charge in [-0.3, -0.25) is 4.79 Å². The standard InChI is InChI=1S/C15H12ClF3N4O/c1-2-22(8-7-20)14(24)12-9-21-23(13(12)15(17,18)19)11-5-3-10(16)4-6-11/h3-6,9H,2,8H2,1H3. The van der Waals surface area contributed by atoms with Crippen LogP contribution in [0.5, 0.6) is 0 Å². The predicted molar refractivity (Wildman–Crippen MR) is 80.8 cm³/mol. The Morgan fingerprint density at radius 1 is 1.38 bits per heavy atom. The van der Waals surface area contributed by atoms with Crippen molar-refractivity contribution in [1.82, 2.24) is 14.7 Å². The first kappa shape index (κ1) is 17.8. The topological polar surface area (TPSA) is 61.9 Å². The predicted octanol–water partition coefficient (Wildman–Crippen LogP) is 3.53. The fraction of sp³-hybridized carbons (Fsp3) is 0.267. The first-order valence-electron chi connectivity index (χ1n) is 6.87. The third-order valence-corrected chi connectivity index (χ3v) is 3.52. The van der Waals surface area contributed by atoms with Gasteiger partial charge in [0.2, 0.25) is 0 Å².